The van der Waals surface area contributed by atoms with Gasteiger partial charge in [0.25, 0.3) is 11.8 Å². The van der Waals surface area contributed by atoms with Crippen molar-refractivity contribution in [1.82, 2.24) is 10.6 Å². The first kappa shape index (κ1) is 20.5. The van der Waals surface area contributed by atoms with Gasteiger partial charge in [0.2, 0.25) is 0 Å². The number of nitrogens with one attached hydrogen (secondary N) is 3. The zero-order chi connectivity index (χ0) is 19.9. The van der Waals surface area contributed by atoms with Crippen LogP contribution < -0.4 is 16.0 Å². The summed E-state index contributed by atoms with van der Waals surface area (Å²) in [6, 6.07) is 14.3. The molecule has 3 rings (SSSR count). The van der Waals surface area contributed by atoms with Crippen molar-refractivity contribution in [3.05, 3.63) is 64.1 Å². The fourth-order valence-electron chi connectivity index (χ4n) is 3.16. The van der Waals surface area contributed by atoms with Crippen LogP contribution in [0.3, 0.4) is 0 Å². The molecule has 146 valence electrons. The van der Waals surface area contributed by atoms with E-state index in [0.29, 0.717) is 16.8 Å². The molecule has 3 N–H and O–H groups in total. The first-order chi connectivity index (χ1) is 13.5. The molecule has 5 nitrogen and oxygen atoms in total. The van der Waals surface area contributed by atoms with Crippen LogP contribution in [-0.4, -0.2) is 23.0 Å². The van der Waals surface area contributed by atoms with Gasteiger partial charge in [-0.1, -0.05) is 35.2 Å². The highest BCUT2D eigenvalue weighted by Crippen LogP contribution is 2.18. The number of anilines is 1. The third-order valence-corrected chi connectivity index (χ3v) is 5.41. The minimum atomic E-state index is -0.284. The molecular weight excluding hydrogens is 438 g/mol. The van der Waals surface area contributed by atoms with Gasteiger partial charge >= 0.3 is 0 Å². The van der Waals surface area contributed by atoms with E-state index in [1.807, 2.05) is 0 Å². The summed E-state index contributed by atoms with van der Waals surface area (Å²) >= 11 is 8.53. The van der Waals surface area contributed by atoms with Crippen LogP contribution >= 0.6 is 28.1 Å². The van der Waals surface area contributed by atoms with E-state index < -0.39 is 0 Å². The molecule has 0 bridgehead atoms. The van der Waals surface area contributed by atoms with Crippen molar-refractivity contribution in [3.63, 3.8) is 0 Å². The SMILES string of the molecule is O=C(NC(=S)Nc1ccc(C(=O)NC2CCCCC2)cc1)c1ccc(Br)cc1. The Kier molecular flexibility index (Phi) is 7.17. The Labute approximate surface area is 178 Å². The van der Waals surface area contributed by atoms with Crippen molar-refractivity contribution in [2.24, 2.45) is 0 Å². The highest BCUT2D eigenvalue weighted by molar-refractivity contribution is 9.10. The maximum absolute atomic E-state index is 12.4. The molecule has 1 aliphatic carbocycles. The largest absolute Gasteiger partial charge is 0.349 e. The van der Waals surface area contributed by atoms with Crippen molar-refractivity contribution in [1.29, 1.82) is 0 Å². The van der Waals surface area contributed by atoms with E-state index in [-0.39, 0.29) is 23.0 Å². The second kappa shape index (κ2) is 9.80. The van der Waals surface area contributed by atoms with Crippen molar-refractivity contribution in [2.75, 3.05) is 5.32 Å². The smallest absolute Gasteiger partial charge is 0.257 e. The Morgan fingerprint density at radius 1 is 0.857 bits per heavy atom. The van der Waals surface area contributed by atoms with E-state index in [1.54, 1.807) is 48.5 Å². The molecule has 0 heterocycles. The number of amides is 2. The molecule has 0 radical (unpaired) electrons. The predicted molar refractivity (Wildman–Crippen MR) is 119 cm³/mol. The molecule has 0 atom stereocenters. The van der Waals surface area contributed by atoms with Gasteiger partial charge in [-0.15, -0.1) is 0 Å². The summed E-state index contributed by atoms with van der Waals surface area (Å²) in [6.07, 6.45) is 5.72. The number of carbonyl (C=O) groups excluding carboxylic acids is 2. The van der Waals surface area contributed by atoms with Gasteiger partial charge in [0.1, 0.15) is 0 Å². The van der Waals surface area contributed by atoms with Gasteiger partial charge in [-0.25, -0.2) is 0 Å². The Morgan fingerprint density at radius 2 is 1.43 bits per heavy atom. The number of carbonyl (C=O) groups is 2. The first-order valence-corrected chi connectivity index (χ1v) is 10.5. The number of thiocarbonyl (C=S) groups is 1. The number of benzene rings is 2. The monoisotopic (exact) mass is 459 g/mol. The summed E-state index contributed by atoms with van der Waals surface area (Å²) in [4.78, 5) is 24.5. The van der Waals surface area contributed by atoms with Gasteiger partial charge in [0.05, 0.1) is 0 Å². The van der Waals surface area contributed by atoms with Gasteiger partial charge < -0.3 is 10.6 Å². The van der Waals surface area contributed by atoms with Crippen LogP contribution in [0, 0.1) is 0 Å². The summed E-state index contributed by atoms with van der Waals surface area (Å²) in [5.41, 5.74) is 1.83. The molecule has 0 aliphatic heterocycles. The van der Waals surface area contributed by atoms with E-state index >= 15 is 0 Å². The van der Waals surface area contributed by atoms with Crippen LogP contribution in [0.1, 0.15) is 52.8 Å². The molecule has 28 heavy (non-hydrogen) atoms. The molecule has 7 heteroatoms. The molecule has 0 unspecified atom stereocenters. The van der Waals surface area contributed by atoms with Crippen LogP contribution in [0.5, 0.6) is 0 Å². The van der Waals surface area contributed by atoms with Gasteiger partial charge in [0.15, 0.2) is 5.11 Å². The number of rotatable bonds is 4. The topological polar surface area (TPSA) is 70.2 Å². The van der Waals surface area contributed by atoms with Crippen LogP contribution in [0.4, 0.5) is 5.69 Å². The fraction of sp³-hybridized carbons (Fsp3) is 0.286. The molecule has 0 spiro atoms. The van der Waals surface area contributed by atoms with Crippen molar-refractivity contribution < 1.29 is 9.59 Å². The molecule has 2 aromatic carbocycles. The Morgan fingerprint density at radius 3 is 2.07 bits per heavy atom. The zero-order valence-corrected chi connectivity index (χ0v) is 17.7. The normalized spacial score (nSPS) is 14.2. The summed E-state index contributed by atoms with van der Waals surface area (Å²) in [5.74, 6) is -0.335. The Bertz CT molecular complexity index is 847. The lowest BCUT2D eigenvalue weighted by Crippen LogP contribution is -2.36. The Hall–Kier alpha value is -2.25. The molecular formula is C21H22BrN3O2S. The zero-order valence-electron chi connectivity index (χ0n) is 15.3. The van der Waals surface area contributed by atoms with E-state index in [1.165, 1.54) is 19.3 Å². The van der Waals surface area contributed by atoms with Gasteiger partial charge in [0, 0.05) is 27.3 Å². The number of halogens is 1. The molecule has 1 fully saturated rings. The van der Waals surface area contributed by atoms with Crippen molar-refractivity contribution >= 4 is 50.8 Å². The van der Waals surface area contributed by atoms with Gasteiger partial charge in [-0.2, -0.15) is 0 Å². The van der Waals surface area contributed by atoms with Crippen LogP contribution in [-0.2, 0) is 0 Å². The Balaban J connectivity index is 1.51. The maximum Gasteiger partial charge on any atom is 0.257 e. The van der Waals surface area contributed by atoms with E-state index in [2.05, 4.69) is 31.9 Å². The second-order valence-electron chi connectivity index (χ2n) is 6.80. The van der Waals surface area contributed by atoms with Gasteiger partial charge in [-0.3, -0.25) is 14.9 Å². The third kappa shape index (κ3) is 5.87. The minimum absolute atomic E-state index is 0.0513. The lowest BCUT2D eigenvalue weighted by Gasteiger charge is -2.22. The number of hydrogen-bond acceptors (Lipinski definition) is 3. The summed E-state index contributed by atoms with van der Waals surface area (Å²) < 4.78 is 0.900. The average Bonchev–Trinajstić information content (AvgIpc) is 2.69. The number of hydrogen-bond donors (Lipinski definition) is 3. The molecule has 1 aliphatic rings. The highest BCUT2D eigenvalue weighted by Gasteiger charge is 2.16. The van der Waals surface area contributed by atoms with E-state index in [0.717, 1.165) is 17.3 Å². The van der Waals surface area contributed by atoms with Crippen LogP contribution in [0.2, 0.25) is 0 Å². The lowest BCUT2D eigenvalue weighted by atomic mass is 9.95. The summed E-state index contributed by atoms with van der Waals surface area (Å²) in [6.45, 7) is 0. The molecule has 2 amide bonds. The average molecular weight is 460 g/mol. The maximum atomic E-state index is 12.4. The highest BCUT2D eigenvalue weighted by atomic mass is 79.9. The standard InChI is InChI=1S/C21H22BrN3O2S/c22-16-10-6-14(7-11-16)20(27)25-21(28)24-18-12-8-15(9-13-18)19(26)23-17-4-2-1-3-5-17/h6-13,17H,1-5H2,(H,23,26)(H2,24,25,27,28). The molecule has 0 aromatic heterocycles. The van der Waals surface area contributed by atoms with Crippen molar-refractivity contribution in [3.8, 4) is 0 Å². The van der Waals surface area contributed by atoms with Crippen LogP contribution in [0.25, 0.3) is 0 Å². The first-order valence-electron chi connectivity index (χ1n) is 9.30. The minimum Gasteiger partial charge on any atom is -0.349 e. The quantitative estimate of drug-likeness (QED) is 0.582. The van der Waals surface area contributed by atoms with Crippen molar-refractivity contribution in [2.45, 2.75) is 38.1 Å². The molecule has 1 saturated carbocycles. The summed E-state index contributed by atoms with van der Waals surface area (Å²) in [7, 11) is 0. The second-order valence-corrected chi connectivity index (χ2v) is 8.12. The lowest BCUT2D eigenvalue weighted by molar-refractivity contribution is 0.0926. The van der Waals surface area contributed by atoms with E-state index in [9.17, 15) is 9.59 Å². The molecule has 2 aromatic rings. The predicted octanol–water partition coefficient (Wildman–Crippen LogP) is 4.64. The van der Waals surface area contributed by atoms with Gasteiger partial charge in [-0.05, 0) is 73.6 Å². The summed E-state index contributed by atoms with van der Waals surface area (Å²) in [5, 5.41) is 8.90. The van der Waals surface area contributed by atoms with E-state index in [4.69, 9.17) is 12.2 Å². The van der Waals surface area contributed by atoms with Crippen LogP contribution in [0.15, 0.2) is 53.0 Å². The molecule has 0 saturated heterocycles. The fourth-order valence-corrected chi connectivity index (χ4v) is 3.63. The third-order valence-electron chi connectivity index (χ3n) is 4.68.